The summed E-state index contributed by atoms with van der Waals surface area (Å²) in [5.74, 6) is 0.508. The van der Waals surface area contributed by atoms with E-state index in [1.165, 1.54) is 11.8 Å². The molecule has 0 saturated carbocycles. The lowest BCUT2D eigenvalue weighted by molar-refractivity contribution is 0.112. The van der Waals surface area contributed by atoms with Crippen molar-refractivity contribution in [3.8, 4) is 0 Å². The zero-order chi connectivity index (χ0) is 12.1. The maximum absolute atomic E-state index is 10.9. The highest BCUT2D eigenvalue weighted by molar-refractivity contribution is 7.98. The van der Waals surface area contributed by atoms with E-state index in [1.807, 2.05) is 13.2 Å². The topological polar surface area (TPSA) is 54.9 Å². The van der Waals surface area contributed by atoms with Crippen LogP contribution < -0.4 is 5.32 Å². The van der Waals surface area contributed by atoms with Crippen molar-refractivity contribution in [1.29, 1.82) is 0 Å². The van der Waals surface area contributed by atoms with E-state index in [0.717, 1.165) is 6.42 Å². The predicted octanol–water partition coefficient (Wildman–Crippen LogP) is 2.87. The van der Waals surface area contributed by atoms with Crippen LogP contribution in [0.1, 0.15) is 30.6 Å². The van der Waals surface area contributed by atoms with Crippen LogP contribution in [-0.4, -0.2) is 28.6 Å². The van der Waals surface area contributed by atoms with Gasteiger partial charge in [0.05, 0.1) is 5.56 Å². The number of hydrogen-bond acceptors (Lipinski definition) is 5. The summed E-state index contributed by atoms with van der Waals surface area (Å²) in [6.45, 7) is 4.07. The van der Waals surface area contributed by atoms with E-state index in [0.29, 0.717) is 22.8 Å². The third-order valence-electron chi connectivity index (χ3n) is 2.17. The summed E-state index contributed by atoms with van der Waals surface area (Å²) < 4.78 is 0. The van der Waals surface area contributed by atoms with Gasteiger partial charge in [-0.15, -0.1) is 0 Å². The van der Waals surface area contributed by atoms with Crippen molar-refractivity contribution < 1.29 is 4.79 Å². The first-order valence-electron chi connectivity index (χ1n) is 4.95. The summed E-state index contributed by atoms with van der Waals surface area (Å²) in [5, 5.41) is 3.90. The van der Waals surface area contributed by atoms with Crippen LogP contribution in [-0.2, 0) is 0 Å². The average molecular weight is 260 g/mol. The summed E-state index contributed by atoms with van der Waals surface area (Å²) in [4.78, 5) is 19.1. The summed E-state index contributed by atoms with van der Waals surface area (Å²) in [6.07, 6.45) is 3.48. The normalized spacial score (nSPS) is 12.2. The Bertz CT molecular complexity index is 387. The molecule has 0 aromatic carbocycles. The molecule has 88 valence electrons. The van der Waals surface area contributed by atoms with Crippen molar-refractivity contribution in [2.24, 2.45) is 0 Å². The Labute approximate surface area is 104 Å². The number of halogens is 1. The highest BCUT2D eigenvalue weighted by Gasteiger charge is 2.13. The van der Waals surface area contributed by atoms with Crippen LogP contribution in [0.25, 0.3) is 0 Å². The molecule has 1 aromatic rings. The van der Waals surface area contributed by atoms with Crippen molar-refractivity contribution in [1.82, 2.24) is 9.97 Å². The van der Waals surface area contributed by atoms with Crippen LogP contribution in [0.3, 0.4) is 0 Å². The van der Waals surface area contributed by atoms with Gasteiger partial charge in [0.2, 0.25) is 0 Å². The first-order valence-corrected chi connectivity index (χ1v) is 6.55. The molecule has 1 aromatic heterocycles. The number of carbonyl (C=O) groups is 1. The van der Waals surface area contributed by atoms with Gasteiger partial charge in [-0.25, -0.2) is 9.97 Å². The molecule has 1 atom stereocenters. The van der Waals surface area contributed by atoms with E-state index < -0.39 is 0 Å². The maximum Gasteiger partial charge on any atom is 0.190 e. The minimum atomic E-state index is 0.195. The number of rotatable bonds is 5. The molecule has 16 heavy (non-hydrogen) atoms. The largest absolute Gasteiger partial charge is 0.367 e. The highest BCUT2D eigenvalue weighted by atomic mass is 35.5. The zero-order valence-electron chi connectivity index (χ0n) is 9.45. The molecular weight excluding hydrogens is 246 g/mol. The molecule has 4 nitrogen and oxygen atoms in total. The van der Waals surface area contributed by atoms with Crippen molar-refractivity contribution in [3.63, 3.8) is 0 Å². The summed E-state index contributed by atoms with van der Waals surface area (Å²) >= 11 is 7.29. The van der Waals surface area contributed by atoms with Gasteiger partial charge in [0, 0.05) is 6.04 Å². The second kappa shape index (κ2) is 6.06. The number of hydrogen-bond donors (Lipinski definition) is 1. The SMILES string of the molecule is CCC(C)Nc1nc(SC)nc(Cl)c1C=O. The smallest absolute Gasteiger partial charge is 0.190 e. The van der Waals surface area contributed by atoms with Crippen molar-refractivity contribution in [2.45, 2.75) is 31.5 Å². The number of nitrogens with zero attached hydrogens (tertiary/aromatic N) is 2. The number of aldehydes is 1. The number of aromatic nitrogens is 2. The van der Waals surface area contributed by atoms with E-state index in [9.17, 15) is 4.79 Å². The van der Waals surface area contributed by atoms with Gasteiger partial charge in [0.25, 0.3) is 0 Å². The maximum atomic E-state index is 10.9. The molecule has 0 spiro atoms. The number of carbonyl (C=O) groups excluding carboxylic acids is 1. The van der Waals surface area contributed by atoms with Gasteiger partial charge in [-0.2, -0.15) is 0 Å². The van der Waals surface area contributed by atoms with Crippen LogP contribution in [0.2, 0.25) is 5.15 Å². The summed E-state index contributed by atoms with van der Waals surface area (Å²) in [5.41, 5.74) is 0.319. The first-order chi connectivity index (χ1) is 7.62. The van der Waals surface area contributed by atoms with Crippen molar-refractivity contribution >= 4 is 35.5 Å². The molecular formula is C10H14ClN3OS. The van der Waals surface area contributed by atoms with Gasteiger partial charge in [-0.05, 0) is 19.6 Å². The highest BCUT2D eigenvalue weighted by Crippen LogP contribution is 2.23. The standard InChI is InChI=1S/C10H14ClN3OS/c1-4-6(2)12-9-7(5-15)8(11)13-10(14-9)16-3/h5-6H,4H2,1-3H3,(H,12,13,14). The minimum Gasteiger partial charge on any atom is -0.367 e. The van der Waals surface area contributed by atoms with Gasteiger partial charge < -0.3 is 5.32 Å². The summed E-state index contributed by atoms with van der Waals surface area (Å²) in [7, 11) is 0. The Kier molecular flexibility index (Phi) is 5.02. The van der Waals surface area contributed by atoms with E-state index in [4.69, 9.17) is 11.6 Å². The Morgan fingerprint density at radius 2 is 2.25 bits per heavy atom. The quantitative estimate of drug-likeness (QED) is 0.381. The monoisotopic (exact) mass is 259 g/mol. The molecule has 0 bridgehead atoms. The Balaban J connectivity index is 3.12. The van der Waals surface area contributed by atoms with Crippen LogP contribution in [0.5, 0.6) is 0 Å². The second-order valence-electron chi connectivity index (χ2n) is 3.33. The van der Waals surface area contributed by atoms with E-state index in [2.05, 4.69) is 22.2 Å². The molecule has 0 amide bonds. The molecule has 0 aliphatic rings. The molecule has 0 aliphatic carbocycles. The van der Waals surface area contributed by atoms with Gasteiger partial charge in [-0.1, -0.05) is 30.3 Å². The molecule has 1 N–H and O–H groups in total. The predicted molar refractivity (Wildman–Crippen MR) is 67.6 cm³/mol. The molecule has 0 fully saturated rings. The summed E-state index contributed by atoms with van der Waals surface area (Å²) in [6, 6.07) is 0.236. The fourth-order valence-electron chi connectivity index (χ4n) is 1.06. The van der Waals surface area contributed by atoms with Crippen molar-refractivity contribution in [3.05, 3.63) is 10.7 Å². The average Bonchev–Trinajstić information content (AvgIpc) is 2.28. The first kappa shape index (κ1) is 13.3. The molecule has 1 heterocycles. The van der Waals surface area contributed by atoms with Gasteiger partial charge in [0.1, 0.15) is 11.0 Å². The lowest BCUT2D eigenvalue weighted by Gasteiger charge is -2.14. The van der Waals surface area contributed by atoms with Crippen LogP contribution >= 0.6 is 23.4 Å². The van der Waals surface area contributed by atoms with Gasteiger partial charge in [0.15, 0.2) is 11.4 Å². The minimum absolute atomic E-state index is 0.195. The lowest BCUT2D eigenvalue weighted by Crippen LogP contribution is -2.16. The molecule has 0 aliphatic heterocycles. The van der Waals surface area contributed by atoms with E-state index >= 15 is 0 Å². The van der Waals surface area contributed by atoms with E-state index in [1.54, 1.807) is 0 Å². The van der Waals surface area contributed by atoms with Gasteiger partial charge in [-0.3, -0.25) is 4.79 Å². The fourth-order valence-corrected chi connectivity index (χ4v) is 1.69. The number of anilines is 1. The van der Waals surface area contributed by atoms with Gasteiger partial charge >= 0.3 is 0 Å². The van der Waals surface area contributed by atoms with Crippen LogP contribution in [0.15, 0.2) is 5.16 Å². The second-order valence-corrected chi connectivity index (χ2v) is 4.47. The lowest BCUT2D eigenvalue weighted by atomic mass is 10.2. The third-order valence-corrected chi connectivity index (χ3v) is 3.01. The molecule has 6 heteroatoms. The third kappa shape index (κ3) is 3.09. The Morgan fingerprint density at radius 3 is 2.75 bits per heavy atom. The number of nitrogens with one attached hydrogen (secondary N) is 1. The zero-order valence-corrected chi connectivity index (χ0v) is 11.0. The van der Waals surface area contributed by atoms with Crippen molar-refractivity contribution in [2.75, 3.05) is 11.6 Å². The molecule has 1 rings (SSSR count). The van der Waals surface area contributed by atoms with Crippen LogP contribution in [0.4, 0.5) is 5.82 Å². The Hall–Kier alpha value is -0.810. The van der Waals surface area contributed by atoms with Crippen LogP contribution in [0, 0.1) is 0 Å². The Morgan fingerprint density at radius 1 is 1.56 bits per heavy atom. The molecule has 0 radical (unpaired) electrons. The fraction of sp³-hybridized carbons (Fsp3) is 0.500. The number of thioether (sulfide) groups is 1. The van der Waals surface area contributed by atoms with E-state index in [-0.39, 0.29) is 11.2 Å². The molecule has 1 unspecified atom stereocenters. The molecule has 0 saturated heterocycles.